The predicted octanol–water partition coefficient (Wildman–Crippen LogP) is -1.08. The van der Waals surface area contributed by atoms with Crippen LogP contribution in [-0.2, 0) is 0 Å². The second-order valence-electron chi connectivity index (χ2n) is 3.93. The Labute approximate surface area is 99.0 Å². The highest BCUT2D eigenvalue weighted by Gasteiger charge is 2.34. The molecular formula is C12H14N2O3. The topological polar surface area (TPSA) is 78.9 Å². The Balaban J connectivity index is 2.26. The van der Waals surface area contributed by atoms with Crippen molar-refractivity contribution < 1.29 is 20.0 Å². The van der Waals surface area contributed by atoms with Crippen LogP contribution in [0.25, 0.3) is 0 Å². The quantitative estimate of drug-likeness (QED) is 0.653. The fourth-order valence-corrected chi connectivity index (χ4v) is 1.77. The molecule has 0 aromatic heterocycles. The normalized spacial score (nSPS) is 23.8. The van der Waals surface area contributed by atoms with Gasteiger partial charge in [0, 0.05) is 17.9 Å². The van der Waals surface area contributed by atoms with Crippen molar-refractivity contribution in [3.05, 3.63) is 35.9 Å². The van der Waals surface area contributed by atoms with E-state index >= 15 is 0 Å². The fourth-order valence-electron chi connectivity index (χ4n) is 1.77. The van der Waals surface area contributed by atoms with E-state index in [0.29, 0.717) is 0 Å². The number of nitrogens with zero attached hydrogens (tertiary/aromatic N) is 2. The minimum Gasteiger partial charge on any atom is -0.857 e. The summed E-state index contributed by atoms with van der Waals surface area (Å²) in [6.07, 6.45) is 0.852. The summed E-state index contributed by atoms with van der Waals surface area (Å²) in [7, 11) is 0. The SMILES string of the molecule is [O-]C1=N/[N+](=C\c2ccccc2)[C@@H]([C@H](O)CO)C1. The van der Waals surface area contributed by atoms with Crippen LogP contribution in [-0.4, -0.2) is 45.8 Å². The van der Waals surface area contributed by atoms with Gasteiger partial charge in [-0.25, -0.2) is 0 Å². The molecule has 1 aromatic carbocycles. The molecule has 0 spiro atoms. The highest BCUT2D eigenvalue weighted by Crippen LogP contribution is 2.12. The van der Waals surface area contributed by atoms with Crippen LogP contribution >= 0.6 is 0 Å². The summed E-state index contributed by atoms with van der Waals surface area (Å²) >= 11 is 0. The lowest BCUT2D eigenvalue weighted by molar-refractivity contribution is -0.568. The first-order valence-corrected chi connectivity index (χ1v) is 5.42. The number of hydrogen-bond donors (Lipinski definition) is 2. The number of hydrazone groups is 1. The van der Waals surface area contributed by atoms with Gasteiger partial charge in [0.2, 0.25) is 12.3 Å². The van der Waals surface area contributed by atoms with Crippen LogP contribution in [0.3, 0.4) is 0 Å². The zero-order chi connectivity index (χ0) is 12.3. The summed E-state index contributed by atoms with van der Waals surface area (Å²) in [6, 6.07) is 8.92. The molecular weight excluding hydrogens is 220 g/mol. The van der Waals surface area contributed by atoms with E-state index in [9.17, 15) is 10.2 Å². The third-order valence-electron chi connectivity index (χ3n) is 2.66. The number of aliphatic hydroxyl groups excluding tert-OH is 2. The standard InChI is InChI=1S/C12H14N2O3/c15-8-11(16)10-6-12(17)13-14(10)7-9-4-2-1-3-5-9/h1-5,7,10-11,15-16H,6,8H2/b14-7-/t10-,11-/m1/s1. The summed E-state index contributed by atoms with van der Waals surface area (Å²) < 4.78 is 1.43. The maximum absolute atomic E-state index is 11.3. The molecule has 2 atom stereocenters. The summed E-state index contributed by atoms with van der Waals surface area (Å²) in [4.78, 5) is 0. The molecule has 17 heavy (non-hydrogen) atoms. The molecule has 90 valence electrons. The highest BCUT2D eigenvalue weighted by molar-refractivity contribution is 5.77. The Morgan fingerprint density at radius 3 is 2.82 bits per heavy atom. The van der Waals surface area contributed by atoms with E-state index < -0.39 is 12.1 Å². The van der Waals surface area contributed by atoms with Crippen molar-refractivity contribution in [3.63, 3.8) is 0 Å². The van der Waals surface area contributed by atoms with Gasteiger partial charge in [-0.15, -0.1) is 0 Å². The highest BCUT2D eigenvalue weighted by atomic mass is 16.3. The Morgan fingerprint density at radius 2 is 2.18 bits per heavy atom. The van der Waals surface area contributed by atoms with Gasteiger partial charge in [0.25, 0.3) is 0 Å². The molecule has 1 aliphatic heterocycles. The molecule has 0 saturated heterocycles. The Bertz CT molecular complexity index is 442. The van der Waals surface area contributed by atoms with Crippen molar-refractivity contribution in [2.24, 2.45) is 5.10 Å². The van der Waals surface area contributed by atoms with Crippen LogP contribution in [0.5, 0.6) is 0 Å². The molecule has 0 unspecified atom stereocenters. The van der Waals surface area contributed by atoms with Crippen LogP contribution < -0.4 is 5.11 Å². The van der Waals surface area contributed by atoms with Crippen molar-refractivity contribution in [2.75, 3.05) is 6.61 Å². The fraction of sp³-hybridized carbons (Fsp3) is 0.333. The van der Waals surface area contributed by atoms with Gasteiger partial charge in [0.1, 0.15) is 6.10 Å². The van der Waals surface area contributed by atoms with Gasteiger partial charge in [-0.05, 0) is 17.2 Å². The van der Waals surface area contributed by atoms with Crippen molar-refractivity contribution in [1.29, 1.82) is 0 Å². The third-order valence-corrected chi connectivity index (χ3v) is 2.66. The minimum atomic E-state index is -0.967. The molecule has 0 saturated carbocycles. The number of aliphatic hydroxyl groups is 2. The first-order valence-electron chi connectivity index (χ1n) is 5.42. The van der Waals surface area contributed by atoms with Gasteiger partial charge < -0.3 is 15.3 Å². The third kappa shape index (κ3) is 2.69. The average Bonchev–Trinajstić information content (AvgIpc) is 2.70. The van der Waals surface area contributed by atoms with E-state index in [4.69, 9.17) is 5.11 Å². The van der Waals surface area contributed by atoms with E-state index in [0.717, 1.165) is 5.56 Å². The monoisotopic (exact) mass is 234 g/mol. The second kappa shape index (κ2) is 5.07. The van der Waals surface area contributed by atoms with E-state index in [-0.39, 0.29) is 18.9 Å². The Morgan fingerprint density at radius 1 is 1.47 bits per heavy atom. The van der Waals surface area contributed by atoms with Crippen molar-refractivity contribution >= 4 is 12.1 Å². The molecule has 2 N–H and O–H groups in total. The lowest BCUT2D eigenvalue weighted by atomic mass is 10.1. The van der Waals surface area contributed by atoms with E-state index in [1.54, 1.807) is 6.21 Å². The molecule has 2 rings (SSSR count). The zero-order valence-electron chi connectivity index (χ0n) is 9.23. The number of benzene rings is 1. The maximum Gasteiger partial charge on any atom is 0.216 e. The van der Waals surface area contributed by atoms with Crippen LogP contribution in [0.2, 0.25) is 0 Å². The van der Waals surface area contributed by atoms with Gasteiger partial charge in [-0.3, -0.25) is 0 Å². The predicted molar refractivity (Wildman–Crippen MR) is 60.8 cm³/mol. The van der Waals surface area contributed by atoms with Crippen molar-refractivity contribution in [2.45, 2.75) is 18.6 Å². The van der Waals surface area contributed by atoms with Crippen molar-refractivity contribution in [3.8, 4) is 0 Å². The van der Waals surface area contributed by atoms with Gasteiger partial charge in [0.15, 0.2) is 0 Å². The molecule has 1 aromatic rings. The smallest absolute Gasteiger partial charge is 0.216 e. The first kappa shape index (κ1) is 11.8. The zero-order valence-corrected chi connectivity index (χ0v) is 9.23. The lowest BCUT2D eigenvalue weighted by Gasteiger charge is -2.10. The second-order valence-corrected chi connectivity index (χ2v) is 3.93. The molecule has 5 nitrogen and oxygen atoms in total. The number of hydrogen-bond acceptors (Lipinski definition) is 4. The molecule has 0 radical (unpaired) electrons. The van der Waals surface area contributed by atoms with Crippen LogP contribution in [0, 0.1) is 0 Å². The molecule has 5 heteroatoms. The Kier molecular flexibility index (Phi) is 3.51. The largest absolute Gasteiger partial charge is 0.857 e. The molecule has 1 aliphatic rings. The van der Waals surface area contributed by atoms with E-state index in [1.807, 2.05) is 30.3 Å². The molecule has 1 heterocycles. The van der Waals surface area contributed by atoms with Crippen LogP contribution in [0.15, 0.2) is 35.4 Å². The molecule has 0 bridgehead atoms. The molecule has 0 amide bonds. The molecule has 0 aliphatic carbocycles. The average molecular weight is 234 g/mol. The summed E-state index contributed by atoms with van der Waals surface area (Å²) in [5, 5.41) is 33.6. The van der Waals surface area contributed by atoms with Crippen LogP contribution in [0.1, 0.15) is 12.0 Å². The first-order chi connectivity index (χ1) is 8.20. The van der Waals surface area contributed by atoms with Crippen LogP contribution in [0.4, 0.5) is 0 Å². The van der Waals surface area contributed by atoms with E-state index in [1.165, 1.54) is 4.68 Å². The van der Waals surface area contributed by atoms with Gasteiger partial charge in [-0.2, -0.15) is 0 Å². The summed E-state index contributed by atoms with van der Waals surface area (Å²) in [5.41, 5.74) is 0.890. The minimum absolute atomic E-state index is 0.130. The number of rotatable bonds is 3. The van der Waals surface area contributed by atoms with Crippen molar-refractivity contribution in [1.82, 2.24) is 0 Å². The van der Waals surface area contributed by atoms with Gasteiger partial charge >= 0.3 is 0 Å². The maximum atomic E-state index is 11.3. The lowest BCUT2D eigenvalue weighted by Crippen LogP contribution is -2.36. The summed E-state index contributed by atoms with van der Waals surface area (Å²) in [5.74, 6) is -0.283. The summed E-state index contributed by atoms with van der Waals surface area (Å²) in [6.45, 7) is -0.382. The van der Waals surface area contributed by atoms with Gasteiger partial charge in [0.05, 0.1) is 6.61 Å². The Hall–Kier alpha value is -1.72. The molecule has 0 fully saturated rings. The van der Waals surface area contributed by atoms with Gasteiger partial charge in [-0.1, -0.05) is 22.9 Å². The van der Waals surface area contributed by atoms with E-state index in [2.05, 4.69) is 5.10 Å².